The molecule has 0 radical (unpaired) electrons. The van der Waals surface area contributed by atoms with Crippen molar-refractivity contribution in [2.24, 2.45) is 17.8 Å². The van der Waals surface area contributed by atoms with Gasteiger partial charge in [0.25, 0.3) is 0 Å². The van der Waals surface area contributed by atoms with E-state index in [1.807, 2.05) is 6.92 Å². The number of hydrogen-bond donors (Lipinski definition) is 1. The summed E-state index contributed by atoms with van der Waals surface area (Å²) in [5.41, 5.74) is -1.09. The molecular weight excluding hydrogens is 346 g/mol. The van der Waals surface area contributed by atoms with Gasteiger partial charge in [0.05, 0.1) is 12.2 Å². The van der Waals surface area contributed by atoms with Crippen molar-refractivity contribution < 1.29 is 33.0 Å². The summed E-state index contributed by atoms with van der Waals surface area (Å²) >= 11 is 0. The predicted molar refractivity (Wildman–Crippen MR) is 88.4 cm³/mol. The van der Waals surface area contributed by atoms with Crippen LogP contribution in [-0.4, -0.2) is 40.8 Å². The standard InChI is InChI=1S/C19H28F2O5/c1-17(13-7-12-8-14(17)11-19(24,9-12)10-13)26-15(22)5-3-4-6-25-16(23)18(2,20)21/h12-14,24H,3-11H2,1-2H3. The lowest BCUT2D eigenvalue weighted by Crippen LogP contribution is -2.63. The Morgan fingerprint density at radius 2 is 1.77 bits per heavy atom. The molecule has 2 atom stereocenters. The third kappa shape index (κ3) is 3.87. The van der Waals surface area contributed by atoms with Crippen molar-refractivity contribution >= 4 is 11.9 Å². The highest BCUT2D eigenvalue weighted by atomic mass is 19.3. The highest BCUT2D eigenvalue weighted by molar-refractivity contribution is 5.76. The third-order valence-corrected chi connectivity index (χ3v) is 6.48. The molecule has 4 fully saturated rings. The van der Waals surface area contributed by atoms with E-state index < -0.39 is 23.1 Å². The maximum absolute atomic E-state index is 12.7. The zero-order valence-corrected chi connectivity index (χ0v) is 15.4. The Morgan fingerprint density at radius 1 is 1.15 bits per heavy atom. The zero-order chi connectivity index (χ0) is 19.2. The fourth-order valence-electron chi connectivity index (χ4n) is 5.27. The van der Waals surface area contributed by atoms with Gasteiger partial charge in [0.2, 0.25) is 0 Å². The van der Waals surface area contributed by atoms with Gasteiger partial charge in [-0.25, -0.2) is 4.79 Å². The van der Waals surface area contributed by atoms with Gasteiger partial charge in [0.1, 0.15) is 5.60 Å². The molecule has 0 aromatic rings. The molecule has 7 heteroatoms. The first kappa shape index (κ1) is 19.5. The molecule has 4 rings (SSSR count). The minimum absolute atomic E-state index is 0.132. The fraction of sp³-hybridized carbons (Fsp3) is 0.895. The predicted octanol–water partition coefficient (Wildman–Crippen LogP) is 3.23. The number of rotatable bonds is 7. The lowest BCUT2D eigenvalue weighted by molar-refractivity contribution is -0.235. The zero-order valence-electron chi connectivity index (χ0n) is 15.4. The molecule has 0 heterocycles. The second-order valence-corrected chi connectivity index (χ2v) is 8.71. The maximum atomic E-state index is 12.7. The first-order valence-corrected chi connectivity index (χ1v) is 9.51. The minimum Gasteiger partial charge on any atom is -0.461 e. The molecule has 4 saturated carbocycles. The van der Waals surface area contributed by atoms with Crippen molar-refractivity contribution in [2.75, 3.05) is 6.61 Å². The molecule has 4 bridgehead atoms. The van der Waals surface area contributed by atoms with E-state index in [1.54, 1.807) is 0 Å². The van der Waals surface area contributed by atoms with Gasteiger partial charge in [0.15, 0.2) is 0 Å². The van der Waals surface area contributed by atoms with E-state index in [9.17, 15) is 23.5 Å². The average Bonchev–Trinajstić information content (AvgIpc) is 2.50. The van der Waals surface area contributed by atoms with E-state index in [0.717, 1.165) is 19.3 Å². The van der Waals surface area contributed by atoms with E-state index >= 15 is 0 Å². The van der Waals surface area contributed by atoms with Gasteiger partial charge < -0.3 is 14.6 Å². The minimum atomic E-state index is -3.49. The largest absolute Gasteiger partial charge is 0.461 e. The van der Waals surface area contributed by atoms with Crippen LogP contribution in [0.3, 0.4) is 0 Å². The van der Waals surface area contributed by atoms with Crippen molar-refractivity contribution in [2.45, 2.75) is 82.3 Å². The molecular formula is C19H28F2O5. The quantitative estimate of drug-likeness (QED) is 0.547. The molecule has 0 aromatic carbocycles. The number of halogens is 2. The molecule has 0 aromatic heterocycles. The van der Waals surface area contributed by atoms with Gasteiger partial charge in [-0.3, -0.25) is 4.79 Å². The molecule has 148 valence electrons. The number of unbranched alkanes of at least 4 members (excludes halogenated alkanes) is 1. The topological polar surface area (TPSA) is 72.8 Å². The van der Waals surface area contributed by atoms with Crippen molar-refractivity contribution in [3.8, 4) is 0 Å². The lowest BCUT2D eigenvalue weighted by atomic mass is 9.48. The normalized spacial score (nSPS) is 38.3. The number of esters is 2. The Labute approximate surface area is 152 Å². The summed E-state index contributed by atoms with van der Waals surface area (Å²) in [6.45, 7) is 2.36. The van der Waals surface area contributed by atoms with Crippen LogP contribution in [0.25, 0.3) is 0 Å². The van der Waals surface area contributed by atoms with E-state index in [4.69, 9.17) is 4.74 Å². The van der Waals surface area contributed by atoms with Crippen LogP contribution in [0.4, 0.5) is 8.78 Å². The number of aliphatic hydroxyl groups is 1. The summed E-state index contributed by atoms with van der Waals surface area (Å²) in [6.07, 6.45) is 5.20. The van der Waals surface area contributed by atoms with Crippen LogP contribution in [0, 0.1) is 17.8 Å². The van der Waals surface area contributed by atoms with Crippen LogP contribution in [0.15, 0.2) is 0 Å². The summed E-state index contributed by atoms with van der Waals surface area (Å²) in [5, 5.41) is 10.6. The van der Waals surface area contributed by atoms with Gasteiger partial charge in [-0.2, -0.15) is 8.78 Å². The summed E-state index contributed by atoms with van der Waals surface area (Å²) in [6, 6.07) is 0. The van der Waals surface area contributed by atoms with Crippen molar-refractivity contribution in [3.05, 3.63) is 0 Å². The van der Waals surface area contributed by atoms with Crippen LogP contribution < -0.4 is 0 Å². The van der Waals surface area contributed by atoms with Crippen molar-refractivity contribution in [1.82, 2.24) is 0 Å². The van der Waals surface area contributed by atoms with Gasteiger partial charge in [-0.15, -0.1) is 0 Å². The van der Waals surface area contributed by atoms with Crippen LogP contribution >= 0.6 is 0 Å². The second kappa shape index (κ2) is 6.73. The van der Waals surface area contributed by atoms with E-state index in [-0.39, 0.29) is 30.8 Å². The Kier molecular flexibility index (Phi) is 5.05. The van der Waals surface area contributed by atoms with Gasteiger partial charge in [-0.05, 0) is 57.8 Å². The molecule has 5 nitrogen and oxygen atoms in total. The summed E-state index contributed by atoms with van der Waals surface area (Å²) in [7, 11) is 0. The van der Waals surface area contributed by atoms with Gasteiger partial charge in [0, 0.05) is 25.2 Å². The molecule has 0 spiro atoms. The number of carbonyl (C=O) groups is 2. The number of ether oxygens (including phenoxy) is 2. The maximum Gasteiger partial charge on any atom is 0.376 e. The number of carbonyl (C=O) groups excluding carboxylic acids is 2. The smallest absolute Gasteiger partial charge is 0.376 e. The van der Waals surface area contributed by atoms with Gasteiger partial charge >= 0.3 is 17.9 Å². The first-order valence-electron chi connectivity index (χ1n) is 9.51. The van der Waals surface area contributed by atoms with Crippen LogP contribution in [0.2, 0.25) is 0 Å². The highest BCUT2D eigenvalue weighted by Crippen LogP contribution is 2.61. The van der Waals surface area contributed by atoms with E-state index in [1.165, 1.54) is 0 Å². The molecule has 2 unspecified atom stereocenters. The molecule has 4 aliphatic carbocycles. The Bertz CT molecular complexity index is 555. The number of hydrogen-bond acceptors (Lipinski definition) is 5. The SMILES string of the molecule is CC(F)(F)C(=O)OCCCCC(=O)OC1(C)C2CC3CC1CC(O)(C3)C2. The Hall–Kier alpha value is -1.24. The molecule has 0 saturated heterocycles. The molecule has 0 aliphatic heterocycles. The molecule has 0 amide bonds. The van der Waals surface area contributed by atoms with Crippen molar-refractivity contribution in [1.29, 1.82) is 0 Å². The molecule has 4 aliphatic rings. The van der Waals surface area contributed by atoms with Gasteiger partial charge in [-0.1, -0.05) is 0 Å². The first-order chi connectivity index (χ1) is 12.0. The Morgan fingerprint density at radius 3 is 2.31 bits per heavy atom. The Balaban J connectivity index is 1.42. The summed E-state index contributed by atoms with van der Waals surface area (Å²) in [5.74, 6) is -4.39. The van der Waals surface area contributed by atoms with Crippen LogP contribution in [-0.2, 0) is 19.1 Å². The fourth-order valence-corrected chi connectivity index (χ4v) is 5.27. The highest BCUT2D eigenvalue weighted by Gasteiger charge is 2.61. The molecule has 1 N–H and O–H groups in total. The monoisotopic (exact) mass is 374 g/mol. The lowest BCUT2D eigenvalue weighted by Gasteiger charge is -2.61. The van der Waals surface area contributed by atoms with Crippen LogP contribution in [0.5, 0.6) is 0 Å². The average molecular weight is 374 g/mol. The third-order valence-electron chi connectivity index (χ3n) is 6.48. The van der Waals surface area contributed by atoms with E-state index in [0.29, 0.717) is 38.5 Å². The number of alkyl halides is 2. The summed E-state index contributed by atoms with van der Waals surface area (Å²) in [4.78, 5) is 23.2. The van der Waals surface area contributed by atoms with Crippen molar-refractivity contribution in [3.63, 3.8) is 0 Å². The molecule has 26 heavy (non-hydrogen) atoms. The summed E-state index contributed by atoms with van der Waals surface area (Å²) < 4.78 is 35.7. The van der Waals surface area contributed by atoms with E-state index in [2.05, 4.69) is 4.74 Å². The second-order valence-electron chi connectivity index (χ2n) is 8.71. The van der Waals surface area contributed by atoms with Crippen LogP contribution in [0.1, 0.15) is 65.2 Å².